The standard InChI is InChI=1S/C14H12ClFN4O2/c1-19(2)8-17-12-11(16)7-20(14(22)18-12)13(21)9-4-3-5-10(15)6-9/h3-8H,1-2H3/b17-8+. The SMILES string of the molecule is CN(C)/C=N/c1nc(=O)n(C(=O)c2cccc(Cl)c2)cc1F. The van der Waals surface area contributed by atoms with Crippen molar-refractivity contribution in [1.29, 1.82) is 0 Å². The van der Waals surface area contributed by atoms with Gasteiger partial charge in [-0.15, -0.1) is 0 Å². The minimum absolute atomic E-state index is 0.153. The van der Waals surface area contributed by atoms with Crippen LogP contribution in [0.1, 0.15) is 10.4 Å². The summed E-state index contributed by atoms with van der Waals surface area (Å²) in [5.41, 5.74) is -0.766. The van der Waals surface area contributed by atoms with Gasteiger partial charge in [0, 0.05) is 24.7 Å². The highest BCUT2D eigenvalue weighted by Crippen LogP contribution is 2.14. The maximum Gasteiger partial charge on any atom is 0.356 e. The highest BCUT2D eigenvalue weighted by atomic mass is 35.5. The van der Waals surface area contributed by atoms with Crippen molar-refractivity contribution in [2.45, 2.75) is 0 Å². The number of hydrogen-bond acceptors (Lipinski definition) is 4. The molecule has 6 nitrogen and oxygen atoms in total. The Labute approximate surface area is 130 Å². The lowest BCUT2D eigenvalue weighted by molar-refractivity contribution is 0.0953. The van der Waals surface area contributed by atoms with Crippen molar-refractivity contribution in [3.05, 3.63) is 57.3 Å². The van der Waals surface area contributed by atoms with Gasteiger partial charge in [0.15, 0.2) is 11.6 Å². The Bertz CT molecular complexity index is 802. The summed E-state index contributed by atoms with van der Waals surface area (Å²) in [6.07, 6.45) is 2.06. The van der Waals surface area contributed by atoms with Gasteiger partial charge in [-0.1, -0.05) is 17.7 Å². The fourth-order valence-corrected chi connectivity index (χ4v) is 1.78. The van der Waals surface area contributed by atoms with Crippen molar-refractivity contribution in [2.24, 2.45) is 4.99 Å². The Balaban J connectivity index is 2.43. The van der Waals surface area contributed by atoms with E-state index in [9.17, 15) is 14.0 Å². The molecule has 0 radical (unpaired) electrons. The second-order valence-electron chi connectivity index (χ2n) is 4.59. The third kappa shape index (κ3) is 3.56. The molecule has 0 unspecified atom stereocenters. The second kappa shape index (κ2) is 6.48. The number of hydrogen-bond donors (Lipinski definition) is 0. The monoisotopic (exact) mass is 322 g/mol. The van der Waals surface area contributed by atoms with Gasteiger partial charge in [-0.2, -0.15) is 4.98 Å². The molecule has 114 valence electrons. The summed E-state index contributed by atoms with van der Waals surface area (Å²) in [4.78, 5) is 32.8. The molecule has 0 bridgehead atoms. The van der Waals surface area contributed by atoms with Gasteiger partial charge < -0.3 is 4.90 Å². The van der Waals surface area contributed by atoms with E-state index in [1.165, 1.54) is 18.5 Å². The molecule has 0 saturated carbocycles. The number of aromatic nitrogens is 2. The number of benzene rings is 1. The normalized spacial score (nSPS) is 10.9. The first-order valence-electron chi connectivity index (χ1n) is 6.18. The topological polar surface area (TPSA) is 67.6 Å². The third-order valence-corrected chi connectivity index (χ3v) is 2.80. The van der Waals surface area contributed by atoms with E-state index in [1.54, 1.807) is 31.1 Å². The zero-order valence-corrected chi connectivity index (χ0v) is 12.6. The zero-order valence-electron chi connectivity index (χ0n) is 11.8. The summed E-state index contributed by atoms with van der Waals surface area (Å²) in [5, 5.41) is 0.333. The molecule has 2 aromatic rings. The van der Waals surface area contributed by atoms with Crippen molar-refractivity contribution in [2.75, 3.05) is 14.1 Å². The van der Waals surface area contributed by atoms with Crippen LogP contribution in [0.2, 0.25) is 5.02 Å². The molecule has 0 spiro atoms. The van der Waals surface area contributed by atoms with E-state index in [4.69, 9.17) is 11.6 Å². The Morgan fingerprint density at radius 1 is 1.45 bits per heavy atom. The predicted molar refractivity (Wildman–Crippen MR) is 81.5 cm³/mol. The number of carbonyl (C=O) groups is 1. The van der Waals surface area contributed by atoms with E-state index in [2.05, 4.69) is 9.98 Å². The van der Waals surface area contributed by atoms with Crippen molar-refractivity contribution in [3.8, 4) is 0 Å². The molecule has 0 atom stereocenters. The molecule has 8 heteroatoms. The van der Waals surface area contributed by atoms with E-state index in [0.29, 0.717) is 9.59 Å². The Morgan fingerprint density at radius 2 is 2.18 bits per heavy atom. The molecule has 0 N–H and O–H groups in total. The van der Waals surface area contributed by atoms with Gasteiger partial charge in [0.25, 0.3) is 5.91 Å². The zero-order chi connectivity index (χ0) is 16.3. The van der Waals surface area contributed by atoms with Crippen LogP contribution in [0, 0.1) is 5.82 Å². The van der Waals surface area contributed by atoms with Gasteiger partial charge in [0.05, 0.1) is 12.5 Å². The van der Waals surface area contributed by atoms with Crippen LogP contribution in [0.5, 0.6) is 0 Å². The maximum atomic E-state index is 13.9. The predicted octanol–water partition coefficient (Wildman–Crippen LogP) is 1.95. The summed E-state index contributed by atoms with van der Waals surface area (Å²) < 4.78 is 14.5. The number of halogens is 2. The van der Waals surface area contributed by atoms with E-state index < -0.39 is 17.4 Å². The first-order valence-corrected chi connectivity index (χ1v) is 6.56. The average molecular weight is 323 g/mol. The van der Waals surface area contributed by atoms with Crippen LogP contribution in [0.15, 0.2) is 40.2 Å². The van der Waals surface area contributed by atoms with Crippen molar-refractivity contribution >= 4 is 29.7 Å². The molecule has 22 heavy (non-hydrogen) atoms. The largest absolute Gasteiger partial charge is 0.369 e. The van der Waals surface area contributed by atoms with Gasteiger partial charge in [-0.3, -0.25) is 4.79 Å². The van der Waals surface area contributed by atoms with Crippen molar-refractivity contribution in [1.82, 2.24) is 14.5 Å². The number of nitrogens with zero attached hydrogens (tertiary/aromatic N) is 4. The van der Waals surface area contributed by atoms with Crippen LogP contribution in [-0.2, 0) is 0 Å². The molecule has 0 aliphatic carbocycles. The summed E-state index contributed by atoms with van der Waals surface area (Å²) in [6, 6.07) is 5.99. The van der Waals surface area contributed by atoms with Gasteiger partial charge in [-0.05, 0) is 18.2 Å². The maximum absolute atomic E-state index is 13.9. The Hall–Kier alpha value is -2.54. The Kier molecular flexibility index (Phi) is 4.67. The minimum atomic E-state index is -0.919. The molecule has 0 amide bonds. The summed E-state index contributed by atoms with van der Waals surface area (Å²) in [7, 11) is 3.37. The quantitative estimate of drug-likeness (QED) is 0.640. The molecular weight excluding hydrogens is 311 g/mol. The highest BCUT2D eigenvalue weighted by Gasteiger charge is 2.15. The minimum Gasteiger partial charge on any atom is -0.369 e. The van der Waals surface area contributed by atoms with Crippen LogP contribution < -0.4 is 5.69 Å². The van der Waals surface area contributed by atoms with Crippen LogP contribution in [-0.4, -0.2) is 40.8 Å². The number of rotatable bonds is 3. The van der Waals surface area contributed by atoms with Crippen LogP contribution in [0.4, 0.5) is 10.2 Å². The van der Waals surface area contributed by atoms with Gasteiger partial charge >= 0.3 is 5.69 Å². The average Bonchev–Trinajstić information content (AvgIpc) is 2.47. The molecule has 0 fully saturated rings. The highest BCUT2D eigenvalue weighted by molar-refractivity contribution is 6.31. The third-order valence-electron chi connectivity index (χ3n) is 2.57. The van der Waals surface area contributed by atoms with Gasteiger partial charge in [-0.25, -0.2) is 18.7 Å². The van der Waals surface area contributed by atoms with Gasteiger partial charge in [0.1, 0.15) is 0 Å². The second-order valence-corrected chi connectivity index (χ2v) is 5.03. The van der Waals surface area contributed by atoms with E-state index in [1.807, 2.05) is 0 Å². The fourth-order valence-electron chi connectivity index (χ4n) is 1.59. The van der Waals surface area contributed by atoms with E-state index >= 15 is 0 Å². The number of carbonyl (C=O) groups excluding carboxylic acids is 1. The fraction of sp³-hybridized carbons (Fsp3) is 0.143. The van der Waals surface area contributed by atoms with Crippen molar-refractivity contribution in [3.63, 3.8) is 0 Å². The summed E-state index contributed by atoms with van der Waals surface area (Å²) in [6.45, 7) is 0. The van der Waals surface area contributed by atoms with Crippen LogP contribution in [0.3, 0.4) is 0 Å². The first-order chi connectivity index (χ1) is 10.4. The van der Waals surface area contributed by atoms with Crippen LogP contribution in [0.25, 0.3) is 0 Å². The lowest BCUT2D eigenvalue weighted by Crippen LogP contribution is -2.29. The lowest BCUT2D eigenvalue weighted by atomic mass is 10.2. The summed E-state index contributed by atoms with van der Waals surface area (Å²) >= 11 is 5.79. The molecule has 2 rings (SSSR count). The molecule has 1 aromatic carbocycles. The number of aliphatic imine (C=N–C) groups is 1. The molecule has 0 aliphatic rings. The van der Waals surface area contributed by atoms with E-state index in [0.717, 1.165) is 6.20 Å². The van der Waals surface area contributed by atoms with Crippen molar-refractivity contribution < 1.29 is 9.18 Å². The lowest BCUT2D eigenvalue weighted by Gasteiger charge is -2.06. The summed E-state index contributed by atoms with van der Waals surface area (Å²) in [5.74, 6) is -1.98. The smallest absolute Gasteiger partial charge is 0.356 e. The van der Waals surface area contributed by atoms with Gasteiger partial charge in [0.2, 0.25) is 0 Å². The molecular formula is C14H12ClFN4O2. The molecule has 1 aromatic heterocycles. The first kappa shape index (κ1) is 15.8. The molecule has 0 saturated heterocycles. The molecule has 1 heterocycles. The van der Waals surface area contributed by atoms with E-state index in [-0.39, 0.29) is 11.4 Å². The molecule has 0 aliphatic heterocycles. The Morgan fingerprint density at radius 3 is 2.82 bits per heavy atom. The van der Waals surface area contributed by atoms with Crippen LogP contribution >= 0.6 is 11.6 Å².